The zero-order chi connectivity index (χ0) is 30.3. The Morgan fingerprint density at radius 1 is 0.881 bits per heavy atom. The van der Waals surface area contributed by atoms with Crippen molar-refractivity contribution >= 4 is 11.6 Å². The van der Waals surface area contributed by atoms with E-state index in [4.69, 9.17) is 21.1 Å². The van der Waals surface area contributed by atoms with E-state index in [9.17, 15) is 26.3 Å². The van der Waals surface area contributed by atoms with Crippen LogP contribution < -0.4 is 9.47 Å². The van der Waals surface area contributed by atoms with Crippen LogP contribution in [0, 0.1) is 11.8 Å². The second-order valence-electron chi connectivity index (χ2n) is 11.4. The molecule has 42 heavy (non-hydrogen) atoms. The van der Waals surface area contributed by atoms with Gasteiger partial charge in [0.15, 0.2) is 6.26 Å². The van der Waals surface area contributed by atoms with Crippen LogP contribution in [0.5, 0.6) is 11.5 Å². The predicted octanol–water partition coefficient (Wildman–Crippen LogP) is 11.2. The molecule has 0 bridgehead atoms. The van der Waals surface area contributed by atoms with Crippen molar-refractivity contribution in [1.82, 2.24) is 0 Å². The minimum atomic E-state index is -3.77. The molecule has 0 heterocycles. The number of benzene rings is 2. The molecule has 3 nitrogen and oxygen atoms in total. The van der Waals surface area contributed by atoms with Gasteiger partial charge in [-0.25, -0.2) is 0 Å². The van der Waals surface area contributed by atoms with Gasteiger partial charge in [-0.1, -0.05) is 43.9 Å². The van der Waals surface area contributed by atoms with Gasteiger partial charge in [0.1, 0.15) is 11.5 Å². The number of hydrogen-bond acceptors (Lipinski definition) is 3. The average molecular weight is 619 g/mol. The van der Waals surface area contributed by atoms with Crippen molar-refractivity contribution in [2.75, 3.05) is 0 Å². The molecule has 0 spiro atoms. The van der Waals surface area contributed by atoms with Crippen LogP contribution in [0.25, 0.3) is 0 Å². The van der Waals surface area contributed by atoms with Crippen LogP contribution in [0.3, 0.4) is 0 Å². The molecule has 2 aliphatic rings. The summed E-state index contributed by atoms with van der Waals surface area (Å²) < 4.78 is 99.0. The highest BCUT2D eigenvalue weighted by atomic mass is 35.5. The SMILES string of the molecule is CCCCC1CCC(C(F)(F)OC2CCC(c3ccc(C(F)(F)Oc4ccc(OC=C(F)F)cc4)c(Cl)c3)CC2)CC1. The summed E-state index contributed by atoms with van der Waals surface area (Å²) in [4.78, 5) is 0. The molecule has 0 aromatic heterocycles. The summed E-state index contributed by atoms with van der Waals surface area (Å²) in [6.45, 7) is 2.14. The molecular formula is C32H37ClF6O3. The molecule has 10 heteroatoms. The number of ether oxygens (including phenoxy) is 3. The molecule has 2 aromatic rings. The maximum Gasteiger partial charge on any atom is 0.428 e. The largest absolute Gasteiger partial charge is 0.459 e. The monoisotopic (exact) mass is 618 g/mol. The second-order valence-corrected chi connectivity index (χ2v) is 11.8. The molecule has 0 N–H and O–H groups in total. The Kier molecular flexibility index (Phi) is 11.1. The highest BCUT2D eigenvalue weighted by molar-refractivity contribution is 6.31. The van der Waals surface area contributed by atoms with E-state index in [2.05, 4.69) is 11.7 Å². The van der Waals surface area contributed by atoms with Crippen molar-refractivity contribution < 1.29 is 40.6 Å². The molecule has 0 unspecified atom stereocenters. The lowest BCUT2D eigenvalue weighted by Gasteiger charge is -2.37. The van der Waals surface area contributed by atoms with Crippen LogP contribution in [0.15, 0.2) is 54.8 Å². The first kappa shape index (κ1) is 32.5. The van der Waals surface area contributed by atoms with Crippen LogP contribution in [-0.2, 0) is 10.8 Å². The Labute approximate surface area is 248 Å². The lowest BCUT2D eigenvalue weighted by molar-refractivity contribution is -0.301. The number of halogens is 7. The zero-order valence-electron chi connectivity index (χ0n) is 23.6. The maximum absolute atomic E-state index is 15.0. The summed E-state index contributed by atoms with van der Waals surface area (Å²) >= 11 is 6.25. The quantitative estimate of drug-likeness (QED) is 0.175. The van der Waals surface area contributed by atoms with Gasteiger partial charge in [-0.15, -0.1) is 0 Å². The summed E-state index contributed by atoms with van der Waals surface area (Å²) in [5.41, 5.74) is 0.224. The molecule has 232 valence electrons. The van der Waals surface area contributed by atoms with Gasteiger partial charge in [0.2, 0.25) is 0 Å². The Balaban J connectivity index is 1.29. The molecule has 0 amide bonds. The van der Waals surface area contributed by atoms with E-state index >= 15 is 0 Å². The third-order valence-corrected chi connectivity index (χ3v) is 8.73. The molecule has 2 aromatic carbocycles. The number of alkyl halides is 4. The van der Waals surface area contributed by atoms with Crippen LogP contribution in [-0.4, -0.2) is 12.2 Å². The van der Waals surface area contributed by atoms with Gasteiger partial charge in [0, 0.05) is 0 Å². The number of rotatable bonds is 12. The molecule has 0 aliphatic heterocycles. The standard InChI is InChI=1S/C32H37ClF6O3/c1-2-3-4-21-5-10-24(11-6-21)31(36,37)41-26-12-7-22(8-13-26)23-9-18-28(29(33)19-23)32(38,39)42-27-16-14-25(15-17-27)40-20-30(34)35/h9,14-22,24,26H,2-8,10-13H2,1H3. The molecule has 2 aliphatic carbocycles. The lowest BCUT2D eigenvalue weighted by Crippen LogP contribution is -2.39. The highest BCUT2D eigenvalue weighted by Crippen LogP contribution is 2.44. The first-order chi connectivity index (χ1) is 20.0. The fourth-order valence-electron chi connectivity index (χ4n) is 6.04. The van der Waals surface area contributed by atoms with Crippen LogP contribution in [0.2, 0.25) is 5.02 Å². The first-order valence-corrected chi connectivity index (χ1v) is 15.0. The van der Waals surface area contributed by atoms with Gasteiger partial charge in [-0.3, -0.25) is 0 Å². The van der Waals surface area contributed by atoms with Crippen LogP contribution in [0.4, 0.5) is 26.3 Å². The van der Waals surface area contributed by atoms with E-state index in [1.54, 1.807) is 6.07 Å². The summed E-state index contributed by atoms with van der Waals surface area (Å²) in [6, 6.07) is 8.99. The van der Waals surface area contributed by atoms with Gasteiger partial charge in [0.05, 0.1) is 22.6 Å². The Hall–Kier alpha value is -2.39. The van der Waals surface area contributed by atoms with E-state index in [0.29, 0.717) is 44.4 Å². The molecule has 4 rings (SSSR count). The summed E-state index contributed by atoms with van der Waals surface area (Å²) in [6.07, 6.45) is -1.11. The van der Waals surface area contributed by atoms with Gasteiger partial charge in [0.25, 0.3) is 0 Å². The Morgan fingerprint density at radius 3 is 2.12 bits per heavy atom. The van der Waals surface area contributed by atoms with Crippen LogP contribution >= 0.6 is 11.6 Å². The Morgan fingerprint density at radius 2 is 1.52 bits per heavy atom. The van der Waals surface area contributed by atoms with E-state index in [0.717, 1.165) is 49.8 Å². The Bertz CT molecular complexity index is 1170. The van der Waals surface area contributed by atoms with E-state index in [1.165, 1.54) is 24.3 Å². The number of unbranched alkanes of at least 4 members (excludes halogenated alkanes) is 1. The van der Waals surface area contributed by atoms with E-state index < -0.39 is 35.9 Å². The molecule has 2 saturated carbocycles. The zero-order valence-corrected chi connectivity index (χ0v) is 24.3. The maximum atomic E-state index is 15.0. The van der Waals surface area contributed by atoms with Gasteiger partial charge in [-0.05, 0) is 105 Å². The summed E-state index contributed by atoms with van der Waals surface area (Å²) in [5.74, 6) is -0.391. The molecule has 0 atom stereocenters. The smallest absolute Gasteiger partial charge is 0.428 e. The van der Waals surface area contributed by atoms with Crippen LogP contribution in [0.1, 0.15) is 94.6 Å². The van der Waals surface area contributed by atoms with Crippen molar-refractivity contribution in [3.8, 4) is 11.5 Å². The van der Waals surface area contributed by atoms with E-state index in [-0.39, 0.29) is 28.7 Å². The number of hydrogen-bond donors (Lipinski definition) is 0. The van der Waals surface area contributed by atoms with Crippen molar-refractivity contribution in [3.63, 3.8) is 0 Å². The van der Waals surface area contributed by atoms with Gasteiger partial charge in [-0.2, -0.15) is 26.3 Å². The van der Waals surface area contributed by atoms with E-state index in [1.807, 2.05) is 0 Å². The van der Waals surface area contributed by atoms with Crippen molar-refractivity contribution in [2.24, 2.45) is 11.8 Å². The molecule has 0 radical (unpaired) electrons. The fraction of sp³-hybridized carbons (Fsp3) is 0.562. The van der Waals surface area contributed by atoms with Crippen molar-refractivity contribution in [1.29, 1.82) is 0 Å². The second kappa shape index (κ2) is 14.4. The topological polar surface area (TPSA) is 27.7 Å². The third kappa shape index (κ3) is 8.82. The normalized spacial score (nSPS) is 23.3. The highest BCUT2D eigenvalue weighted by Gasteiger charge is 2.45. The van der Waals surface area contributed by atoms with Crippen molar-refractivity contribution in [3.05, 3.63) is 71.0 Å². The lowest BCUT2D eigenvalue weighted by atomic mass is 9.79. The van der Waals surface area contributed by atoms with Crippen molar-refractivity contribution in [2.45, 2.75) is 102 Å². The fourth-order valence-corrected chi connectivity index (χ4v) is 6.33. The third-order valence-electron chi connectivity index (χ3n) is 8.42. The minimum absolute atomic E-state index is 0.00989. The average Bonchev–Trinajstić information content (AvgIpc) is 2.95. The molecule has 0 saturated heterocycles. The predicted molar refractivity (Wildman–Crippen MR) is 149 cm³/mol. The minimum Gasteiger partial charge on any atom is -0.459 e. The molecular weight excluding hydrogens is 582 g/mol. The van der Waals surface area contributed by atoms with Gasteiger partial charge < -0.3 is 14.2 Å². The first-order valence-electron chi connectivity index (χ1n) is 14.7. The summed E-state index contributed by atoms with van der Waals surface area (Å²) in [5, 5.41) is -0.180. The summed E-state index contributed by atoms with van der Waals surface area (Å²) in [7, 11) is 0. The van der Waals surface area contributed by atoms with Gasteiger partial charge >= 0.3 is 18.3 Å². The molecule has 2 fully saturated rings.